The first-order valence-electron chi connectivity index (χ1n) is 10.1. The zero-order valence-corrected chi connectivity index (χ0v) is 20.6. The van der Waals surface area contributed by atoms with Gasteiger partial charge in [-0.25, -0.2) is 4.98 Å². The molecule has 0 aliphatic rings. The molecule has 1 amide bonds. The summed E-state index contributed by atoms with van der Waals surface area (Å²) >= 11 is 19.6. The number of thioether (sulfide) groups is 1. The Morgan fingerprint density at radius 3 is 2.21 bits per heavy atom. The number of anilines is 1. The first-order chi connectivity index (χ1) is 16.4. The highest BCUT2D eigenvalue weighted by atomic mass is 35.5. The van der Waals surface area contributed by atoms with Crippen LogP contribution in [0.25, 0.3) is 22.4 Å². The fraction of sp³-hybridized carbons (Fsp3) is 0.0385. The average molecular weight is 525 g/mol. The summed E-state index contributed by atoms with van der Waals surface area (Å²) in [6.07, 6.45) is 0. The van der Waals surface area contributed by atoms with E-state index < -0.39 is 0 Å². The summed E-state index contributed by atoms with van der Waals surface area (Å²) in [7, 11) is 0. The lowest BCUT2D eigenvalue weighted by Gasteiger charge is -2.13. The van der Waals surface area contributed by atoms with Gasteiger partial charge in [0.05, 0.1) is 17.0 Å². The van der Waals surface area contributed by atoms with Crippen molar-refractivity contribution in [1.29, 1.82) is 5.26 Å². The lowest BCUT2D eigenvalue weighted by Crippen LogP contribution is -2.14. The SMILES string of the molecule is N#Cc1c(-c2ccccc2Cl)cc(-c2ccc(Cl)cc2)nc1SCC(=O)Nc1ccc(Cl)cc1. The summed E-state index contributed by atoms with van der Waals surface area (Å²) in [5, 5.41) is 15.0. The number of halogens is 3. The van der Waals surface area contributed by atoms with E-state index in [4.69, 9.17) is 39.8 Å². The standard InChI is InChI=1S/C26H16Cl3N3OS/c27-17-7-5-16(6-8-17)24-13-21(20-3-1-2-4-23(20)29)22(14-30)26(32-24)34-15-25(33)31-19-11-9-18(28)10-12-19/h1-13H,15H2,(H,31,33). The molecule has 0 fully saturated rings. The number of hydrogen-bond donors (Lipinski definition) is 1. The number of nitriles is 1. The van der Waals surface area contributed by atoms with Gasteiger partial charge in [0.15, 0.2) is 0 Å². The van der Waals surface area contributed by atoms with Gasteiger partial charge in [0.1, 0.15) is 11.1 Å². The largest absolute Gasteiger partial charge is 0.325 e. The number of nitrogens with zero attached hydrogens (tertiary/aromatic N) is 2. The summed E-state index contributed by atoms with van der Waals surface area (Å²) in [6, 6.07) is 25.5. The third-order valence-corrected chi connectivity index (χ3v) is 6.68. The van der Waals surface area contributed by atoms with E-state index in [2.05, 4.69) is 11.4 Å². The minimum atomic E-state index is -0.228. The van der Waals surface area contributed by atoms with Crippen LogP contribution in [0.2, 0.25) is 15.1 Å². The van der Waals surface area contributed by atoms with E-state index in [1.807, 2.05) is 36.4 Å². The van der Waals surface area contributed by atoms with Crippen LogP contribution < -0.4 is 5.32 Å². The van der Waals surface area contributed by atoms with E-state index >= 15 is 0 Å². The molecular weight excluding hydrogens is 509 g/mol. The maximum atomic E-state index is 12.6. The zero-order chi connectivity index (χ0) is 24.1. The second-order valence-corrected chi connectivity index (χ2v) is 9.42. The molecule has 34 heavy (non-hydrogen) atoms. The number of aromatic nitrogens is 1. The number of nitrogens with one attached hydrogen (secondary N) is 1. The molecule has 8 heteroatoms. The van der Waals surface area contributed by atoms with Crippen molar-refractivity contribution < 1.29 is 4.79 Å². The minimum absolute atomic E-state index is 0.0658. The van der Waals surface area contributed by atoms with Gasteiger partial charge < -0.3 is 5.32 Å². The van der Waals surface area contributed by atoms with Gasteiger partial charge in [-0.1, -0.05) is 76.9 Å². The van der Waals surface area contributed by atoms with Crippen LogP contribution in [-0.2, 0) is 4.79 Å². The quantitative estimate of drug-likeness (QED) is 0.260. The van der Waals surface area contributed by atoms with Crippen molar-refractivity contribution in [3.8, 4) is 28.5 Å². The van der Waals surface area contributed by atoms with Crippen molar-refractivity contribution in [2.24, 2.45) is 0 Å². The van der Waals surface area contributed by atoms with Crippen LogP contribution in [0.4, 0.5) is 5.69 Å². The van der Waals surface area contributed by atoms with E-state index in [1.54, 1.807) is 42.5 Å². The van der Waals surface area contributed by atoms with Crippen molar-refractivity contribution in [2.75, 3.05) is 11.1 Å². The Kier molecular flexibility index (Phi) is 7.77. The summed E-state index contributed by atoms with van der Waals surface area (Å²) < 4.78 is 0. The molecule has 0 radical (unpaired) electrons. The van der Waals surface area contributed by atoms with Crippen LogP contribution >= 0.6 is 46.6 Å². The molecule has 168 valence electrons. The molecule has 0 aliphatic carbocycles. The Balaban J connectivity index is 1.70. The average Bonchev–Trinajstić information content (AvgIpc) is 2.84. The number of carbonyl (C=O) groups is 1. The van der Waals surface area contributed by atoms with Crippen LogP contribution in [0.1, 0.15) is 5.56 Å². The van der Waals surface area contributed by atoms with Crippen molar-refractivity contribution in [1.82, 2.24) is 4.98 Å². The van der Waals surface area contributed by atoms with Gasteiger partial charge in [0.25, 0.3) is 0 Å². The third-order valence-electron chi connectivity index (χ3n) is 4.87. The van der Waals surface area contributed by atoms with E-state index in [-0.39, 0.29) is 11.7 Å². The molecule has 0 unspecified atom stereocenters. The number of amides is 1. The summed E-state index contributed by atoms with van der Waals surface area (Å²) in [4.78, 5) is 17.3. The minimum Gasteiger partial charge on any atom is -0.325 e. The number of carbonyl (C=O) groups excluding carboxylic acids is 1. The number of pyridine rings is 1. The molecule has 1 heterocycles. The molecule has 3 aromatic carbocycles. The summed E-state index contributed by atoms with van der Waals surface area (Å²) in [5.41, 5.74) is 3.82. The van der Waals surface area contributed by atoms with Crippen LogP contribution in [0.3, 0.4) is 0 Å². The highest BCUT2D eigenvalue weighted by molar-refractivity contribution is 8.00. The molecule has 4 rings (SSSR count). The molecule has 1 N–H and O–H groups in total. The lowest BCUT2D eigenvalue weighted by molar-refractivity contribution is -0.113. The van der Waals surface area contributed by atoms with E-state index in [0.29, 0.717) is 48.2 Å². The predicted molar refractivity (Wildman–Crippen MR) is 141 cm³/mol. The van der Waals surface area contributed by atoms with E-state index in [0.717, 1.165) is 5.56 Å². The van der Waals surface area contributed by atoms with Gasteiger partial charge in [-0.2, -0.15) is 5.26 Å². The van der Waals surface area contributed by atoms with Gasteiger partial charge in [-0.3, -0.25) is 4.79 Å². The van der Waals surface area contributed by atoms with Crippen molar-refractivity contribution in [3.63, 3.8) is 0 Å². The van der Waals surface area contributed by atoms with Crippen LogP contribution in [0, 0.1) is 11.3 Å². The van der Waals surface area contributed by atoms with E-state index in [1.165, 1.54) is 11.8 Å². The summed E-state index contributed by atoms with van der Waals surface area (Å²) in [6.45, 7) is 0. The van der Waals surface area contributed by atoms with Crippen LogP contribution in [0.5, 0.6) is 0 Å². The topological polar surface area (TPSA) is 65.8 Å². The maximum Gasteiger partial charge on any atom is 0.234 e. The molecule has 4 nitrogen and oxygen atoms in total. The molecule has 0 bridgehead atoms. The van der Waals surface area contributed by atoms with Gasteiger partial charge in [0.2, 0.25) is 5.91 Å². The highest BCUT2D eigenvalue weighted by Crippen LogP contribution is 2.37. The highest BCUT2D eigenvalue weighted by Gasteiger charge is 2.18. The normalized spacial score (nSPS) is 10.5. The number of rotatable bonds is 6. The van der Waals surface area contributed by atoms with Crippen LogP contribution in [-0.4, -0.2) is 16.6 Å². The zero-order valence-electron chi connectivity index (χ0n) is 17.6. The van der Waals surface area contributed by atoms with Gasteiger partial charge in [0, 0.05) is 37.4 Å². The summed E-state index contributed by atoms with van der Waals surface area (Å²) in [5.74, 6) is -0.162. The Morgan fingerprint density at radius 2 is 1.56 bits per heavy atom. The molecule has 1 aromatic heterocycles. The Labute approximate surface area is 216 Å². The second kappa shape index (κ2) is 10.9. The third kappa shape index (κ3) is 5.72. The van der Waals surface area contributed by atoms with Crippen molar-refractivity contribution in [3.05, 3.63) is 99.5 Å². The Morgan fingerprint density at radius 1 is 0.912 bits per heavy atom. The first kappa shape index (κ1) is 24.1. The molecule has 0 saturated carbocycles. The monoisotopic (exact) mass is 523 g/mol. The first-order valence-corrected chi connectivity index (χ1v) is 12.2. The van der Waals surface area contributed by atoms with Crippen molar-refractivity contribution >= 4 is 58.2 Å². The molecular formula is C26H16Cl3N3OS. The molecule has 0 atom stereocenters. The van der Waals surface area contributed by atoms with Crippen LogP contribution in [0.15, 0.2) is 83.9 Å². The van der Waals surface area contributed by atoms with Gasteiger partial charge in [-0.15, -0.1) is 0 Å². The van der Waals surface area contributed by atoms with Crippen molar-refractivity contribution in [2.45, 2.75) is 5.03 Å². The van der Waals surface area contributed by atoms with Gasteiger partial charge in [-0.05, 0) is 48.5 Å². The second-order valence-electron chi connectivity index (χ2n) is 7.18. The predicted octanol–water partition coefficient (Wildman–Crippen LogP) is 7.98. The number of benzene rings is 3. The molecule has 4 aromatic rings. The number of hydrogen-bond acceptors (Lipinski definition) is 4. The van der Waals surface area contributed by atoms with Gasteiger partial charge >= 0.3 is 0 Å². The Bertz CT molecular complexity index is 1380. The smallest absolute Gasteiger partial charge is 0.234 e. The molecule has 0 saturated heterocycles. The fourth-order valence-electron chi connectivity index (χ4n) is 3.26. The van der Waals surface area contributed by atoms with E-state index in [9.17, 15) is 10.1 Å². The molecule has 0 spiro atoms. The molecule has 0 aliphatic heterocycles. The Hall–Kier alpha value is -3.01. The fourth-order valence-corrected chi connectivity index (χ4v) is 4.55. The lowest BCUT2D eigenvalue weighted by atomic mass is 9.99. The maximum absolute atomic E-state index is 12.6.